The zero-order valence-corrected chi connectivity index (χ0v) is 14.3. The Bertz CT molecular complexity index is 1000. The number of H-pyrrole nitrogens is 1. The van der Waals surface area contributed by atoms with E-state index in [0.29, 0.717) is 0 Å². The summed E-state index contributed by atoms with van der Waals surface area (Å²) in [7, 11) is 0. The minimum Gasteiger partial charge on any atom is -0.308 e. The van der Waals surface area contributed by atoms with Crippen LogP contribution in [0.15, 0.2) is 72.9 Å². The smallest absolute Gasteiger partial charge is 0.0695 e. The zero-order chi connectivity index (χ0) is 17.1. The lowest BCUT2D eigenvalue weighted by Crippen LogP contribution is -2.12. The van der Waals surface area contributed by atoms with Crippen molar-refractivity contribution in [1.29, 1.82) is 0 Å². The number of rotatable bonds is 5. The van der Waals surface area contributed by atoms with E-state index in [4.69, 9.17) is 0 Å². The summed E-state index contributed by atoms with van der Waals surface area (Å²) in [6.45, 7) is 3.73. The van der Waals surface area contributed by atoms with Gasteiger partial charge in [0.25, 0.3) is 0 Å². The molecule has 1 aromatic heterocycles. The van der Waals surface area contributed by atoms with Gasteiger partial charge in [-0.2, -0.15) is 5.10 Å². The fraction of sp³-hybridized carbons (Fsp3) is 0.136. The monoisotopic (exact) mass is 327 g/mol. The van der Waals surface area contributed by atoms with E-state index in [1.807, 2.05) is 6.20 Å². The van der Waals surface area contributed by atoms with Crippen LogP contribution in [0.4, 0.5) is 0 Å². The Balaban J connectivity index is 1.46. The first-order valence-corrected chi connectivity index (χ1v) is 8.57. The van der Waals surface area contributed by atoms with Crippen LogP contribution in [0.3, 0.4) is 0 Å². The van der Waals surface area contributed by atoms with Gasteiger partial charge in [0.15, 0.2) is 0 Å². The molecule has 1 heterocycles. The Kier molecular flexibility index (Phi) is 4.32. The lowest BCUT2D eigenvalue weighted by molar-refractivity contribution is 0.695. The van der Waals surface area contributed by atoms with E-state index < -0.39 is 0 Å². The van der Waals surface area contributed by atoms with Crippen LogP contribution in [0.25, 0.3) is 22.0 Å². The molecule has 0 saturated carbocycles. The lowest BCUT2D eigenvalue weighted by atomic mass is 10.1. The zero-order valence-electron chi connectivity index (χ0n) is 14.3. The van der Waals surface area contributed by atoms with Crippen molar-refractivity contribution < 1.29 is 0 Å². The van der Waals surface area contributed by atoms with Gasteiger partial charge in [-0.15, -0.1) is 0 Å². The summed E-state index contributed by atoms with van der Waals surface area (Å²) in [5, 5.41) is 13.5. The van der Waals surface area contributed by atoms with Crippen molar-refractivity contribution >= 4 is 10.8 Å². The maximum atomic E-state index is 4.23. The topological polar surface area (TPSA) is 40.7 Å². The van der Waals surface area contributed by atoms with Crippen molar-refractivity contribution in [2.24, 2.45) is 0 Å². The predicted molar refractivity (Wildman–Crippen MR) is 103 cm³/mol. The summed E-state index contributed by atoms with van der Waals surface area (Å²) in [6, 6.07) is 23.6. The van der Waals surface area contributed by atoms with E-state index in [9.17, 15) is 0 Å². The third kappa shape index (κ3) is 3.47. The molecule has 0 fully saturated rings. The third-order valence-electron chi connectivity index (χ3n) is 4.48. The quantitative estimate of drug-likeness (QED) is 0.551. The van der Waals surface area contributed by atoms with Crippen molar-refractivity contribution in [2.75, 3.05) is 0 Å². The molecule has 4 aromatic rings. The number of nitrogens with zero attached hydrogens (tertiary/aromatic N) is 1. The molecular weight excluding hydrogens is 306 g/mol. The molecule has 0 saturated heterocycles. The Hall–Kier alpha value is -2.91. The second kappa shape index (κ2) is 6.91. The van der Waals surface area contributed by atoms with Crippen LogP contribution >= 0.6 is 0 Å². The maximum Gasteiger partial charge on any atom is 0.0695 e. The maximum absolute atomic E-state index is 4.23. The summed E-state index contributed by atoms with van der Waals surface area (Å²) < 4.78 is 0. The van der Waals surface area contributed by atoms with Gasteiger partial charge >= 0.3 is 0 Å². The SMILES string of the molecule is Cc1cccc(-c2[nH]ncc2CNCc2ccc3ccccc3c2)c1. The minimum atomic E-state index is 0.784. The molecule has 0 bridgehead atoms. The normalized spacial score (nSPS) is 11.1. The third-order valence-corrected chi connectivity index (χ3v) is 4.48. The molecule has 0 aliphatic rings. The number of hydrogen-bond acceptors (Lipinski definition) is 2. The van der Waals surface area contributed by atoms with Crippen LogP contribution in [-0.2, 0) is 13.1 Å². The van der Waals surface area contributed by atoms with Crippen LogP contribution in [-0.4, -0.2) is 10.2 Å². The van der Waals surface area contributed by atoms with E-state index in [1.165, 1.54) is 33.0 Å². The largest absolute Gasteiger partial charge is 0.308 e. The number of aryl methyl sites for hydroxylation is 1. The van der Waals surface area contributed by atoms with Gasteiger partial charge in [0.1, 0.15) is 0 Å². The second-order valence-electron chi connectivity index (χ2n) is 6.42. The van der Waals surface area contributed by atoms with Gasteiger partial charge in [-0.25, -0.2) is 0 Å². The Morgan fingerprint density at radius 2 is 1.76 bits per heavy atom. The molecule has 3 heteroatoms. The van der Waals surface area contributed by atoms with Gasteiger partial charge in [0.05, 0.1) is 11.9 Å². The van der Waals surface area contributed by atoms with Crippen LogP contribution in [0.1, 0.15) is 16.7 Å². The van der Waals surface area contributed by atoms with E-state index in [2.05, 4.69) is 89.2 Å². The number of benzene rings is 3. The highest BCUT2D eigenvalue weighted by molar-refractivity contribution is 5.82. The van der Waals surface area contributed by atoms with E-state index in [-0.39, 0.29) is 0 Å². The van der Waals surface area contributed by atoms with Gasteiger partial charge in [0.2, 0.25) is 0 Å². The van der Waals surface area contributed by atoms with Gasteiger partial charge in [0, 0.05) is 24.2 Å². The van der Waals surface area contributed by atoms with Crippen molar-refractivity contribution in [1.82, 2.24) is 15.5 Å². The molecule has 0 amide bonds. The first kappa shape index (κ1) is 15.6. The molecular formula is C22H21N3. The average Bonchev–Trinajstić information content (AvgIpc) is 3.10. The van der Waals surface area contributed by atoms with Crippen molar-refractivity contribution in [3.63, 3.8) is 0 Å². The summed E-state index contributed by atoms with van der Waals surface area (Å²) in [5.41, 5.74) is 6.00. The summed E-state index contributed by atoms with van der Waals surface area (Å²) in [6.07, 6.45) is 1.91. The van der Waals surface area contributed by atoms with E-state index in [0.717, 1.165) is 18.8 Å². The van der Waals surface area contributed by atoms with Gasteiger partial charge in [-0.3, -0.25) is 5.10 Å². The first-order valence-electron chi connectivity index (χ1n) is 8.57. The molecule has 25 heavy (non-hydrogen) atoms. The average molecular weight is 327 g/mol. The molecule has 0 radical (unpaired) electrons. The van der Waals surface area contributed by atoms with E-state index >= 15 is 0 Å². The van der Waals surface area contributed by atoms with Crippen molar-refractivity contribution in [3.8, 4) is 11.3 Å². The Morgan fingerprint density at radius 1 is 0.880 bits per heavy atom. The molecule has 4 rings (SSSR count). The molecule has 3 nitrogen and oxygen atoms in total. The predicted octanol–water partition coefficient (Wildman–Crippen LogP) is 4.83. The van der Waals surface area contributed by atoms with Crippen molar-refractivity contribution in [3.05, 3.63) is 89.6 Å². The fourth-order valence-corrected chi connectivity index (χ4v) is 3.19. The van der Waals surface area contributed by atoms with Crippen LogP contribution in [0.2, 0.25) is 0 Å². The molecule has 0 aliphatic heterocycles. The van der Waals surface area contributed by atoms with Gasteiger partial charge in [-0.05, 0) is 35.4 Å². The lowest BCUT2D eigenvalue weighted by Gasteiger charge is -2.08. The van der Waals surface area contributed by atoms with Gasteiger partial charge < -0.3 is 5.32 Å². The summed E-state index contributed by atoms with van der Waals surface area (Å²) >= 11 is 0. The molecule has 0 atom stereocenters. The van der Waals surface area contributed by atoms with E-state index in [1.54, 1.807) is 0 Å². The number of fused-ring (bicyclic) bond motifs is 1. The molecule has 124 valence electrons. The first-order chi connectivity index (χ1) is 12.3. The molecule has 0 unspecified atom stereocenters. The van der Waals surface area contributed by atoms with Crippen LogP contribution in [0.5, 0.6) is 0 Å². The number of hydrogen-bond donors (Lipinski definition) is 2. The Labute approximate surface area is 147 Å². The highest BCUT2D eigenvalue weighted by Gasteiger charge is 2.07. The van der Waals surface area contributed by atoms with Gasteiger partial charge in [-0.1, -0.05) is 60.2 Å². The fourth-order valence-electron chi connectivity index (χ4n) is 3.19. The number of nitrogens with one attached hydrogen (secondary N) is 2. The van der Waals surface area contributed by atoms with Crippen molar-refractivity contribution in [2.45, 2.75) is 20.0 Å². The molecule has 0 aliphatic carbocycles. The molecule has 2 N–H and O–H groups in total. The standard InChI is InChI=1S/C22H21N3/c1-16-5-4-8-20(11-16)22-21(15-24-25-22)14-23-13-17-9-10-18-6-2-3-7-19(18)12-17/h2-12,15,23H,13-14H2,1H3,(H,24,25). The van der Waals surface area contributed by atoms with Crippen LogP contribution < -0.4 is 5.32 Å². The molecule has 3 aromatic carbocycles. The number of aromatic nitrogens is 2. The summed E-state index contributed by atoms with van der Waals surface area (Å²) in [4.78, 5) is 0. The minimum absolute atomic E-state index is 0.784. The van der Waals surface area contributed by atoms with Crippen LogP contribution in [0, 0.1) is 6.92 Å². The number of aromatic amines is 1. The summed E-state index contributed by atoms with van der Waals surface area (Å²) in [5.74, 6) is 0. The second-order valence-corrected chi connectivity index (χ2v) is 6.42. The highest BCUT2D eigenvalue weighted by Crippen LogP contribution is 2.22. The molecule has 0 spiro atoms. The highest BCUT2D eigenvalue weighted by atomic mass is 15.1. The Morgan fingerprint density at radius 3 is 2.64 bits per heavy atom.